The molecule has 2 rings (SSSR count). The summed E-state index contributed by atoms with van der Waals surface area (Å²) >= 11 is 3.20. The van der Waals surface area contributed by atoms with Crippen LogP contribution in [0.5, 0.6) is 0 Å². The molecule has 3 nitrogen and oxygen atoms in total. The van der Waals surface area contributed by atoms with Crippen LogP contribution in [-0.4, -0.2) is 16.1 Å². The fourth-order valence-corrected chi connectivity index (χ4v) is 2.94. The van der Waals surface area contributed by atoms with E-state index in [1.807, 2.05) is 6.92 Å². The van der Waals surface area contributed by atoms with Gasteiger partial charge in [0.05, 0.1) is 16.6 Å². The predicted octanol–water partition coefficient (Wildman–Crippen LogP) is 2.61. The average Bonchev–Trinajstić information content (AvgIpc) is 2.85. The summed E-state index contributed by atoms with van der Waals surface area (Å²) in [5, 5.41) is 11.8. The number of hydrogen-bond acceptors (Lipinski definition) is 5. The van der Waals surface area contributed by atoms with Gasteiger partial charge in [0.15, 0.2) is 0 Å². The third kappa shape index (κ3) is 2.25. The minimum absolute atomic E-state index is 0.251. The number of nitrogens with zero attached hydrogens (tertiary/aromatic N) is 2. The Morgan fingerprint density at radius 3 is 2.93 bits per heavy atom. The lowest BCUT2D eigenvalue weighted by Crippen LogP contribution is -2.21. The first-order valence-corrected chi connectivity index (χ1v) is 6.59. The molecule has 0 amide bonds. The summed E-state index contributed by atoms with van der Waals surface area (Å²) in [6.07, 6.45) is 0. The largest absolute Gasteiger partial charge is 0.306 e. The third-order valence-corrected chi connectivity index (χ3v) is 3.83. The Balaban J connectivity index is 2.32. The molecule has 1 atom stereocenters. The van der Waals surface area contributed by atoms with Gasteiger partial charge in [-0.3, -0.25) is 0 Å². The maximum Gasteiger partial charge on any atom is 0.0776 e. The van der Waals surface area contributed by atoms with E-state index in [1.54, 1.807) is 11.3 Å². The lowest BCUT2D eigenvalue weighted by molar-refractivity contribution is 0.637. The van der Waals surface area contributed by atoms with Gasteiger partial charge >= 0.3 is 0 Å². The standard InChI is InChI=1S/C10H13N3S2/c1-3-11-9(8-4-5-14-6-8)10-7(2)12-13-15-10/h4-6,9,11H,3H2,1-2H3. The minimum Gasteiger partial charge on any atom is -0.306 e. The van der Waals surface area contributed by atoms with Gasteiger partial charge in [-0.1, -0.05) is 11.4 Å². The van der Waals surface area contributed by atoms with Gasteiger partial charge in [-0.25, -0.2) is 0 Å². The van der Waals surface area contributed by atoms with Crippen molar-refractivity contribution in [3.8, 4) is 0 Å². The van der Waals surface area contributed by atoms with Crippen molar-refractivity contribution < 1.29 is 0 Å². The van der Waals surface area contributed by atoms with Crippen molar-refractivity contribution in [3.63, 3.8) is 0 Å². The number of aryl methyl sites for hydroxylation is 1. The number of rotatable bonds is 4. The Morgan fingerprint density at radius 2 is 2.40 bits per heavy atom. The van der Waals surface area contributed by atoms with Gasteiger partial charge in [0.1, 0.15) is 0 Å². The summed E-state index contributed by atoms with van der Waals surface area (Å²) < 4.78 is 3.99. The molecule has 1 unspecified atom stereocenters. The van der Waals surface area contributed by atoms with Crippen molar-refractivity contribution in [1.82, 2.24) is 14.9 Å². The van der Waals surface area contributed by atoms with E-state index in [-0.39, 0.29) is 6.04 Å². The molecule has 2 heterocycles. The van der Waals surface area contributed by atoms with E-state index >= 15 is 0 Å². The van der Waals surface area contributed by atoms with Crippen molar-refractivity contribution in [3.05, 3.63) is 33.0 Å². The minimum atomic E-state index is 0.251. The highest BCUT2D eigenvalue weighted by Crippen LogP contribution is 2.27. The summed E-state index contributed by atoms with van der Waals surface area (Å²) in [4.78, 5) is 1.22. The fraction of sp³-hybridized carbons (Fsp3) is 0.400. The van der Waals surface area contributed by atoms with E-state index in [2.05, 4.69) is 38.7 Å². The predicted molar refractivity (Wildman–Crippen MR) is 64.5 cm³/mol. The lowest BCUT2D eigenvalue weighted by atomic mass is 10.1. The van der Waals surface area contributed by atoms with E-state index in [1.165, 1.54) is 22.0 Å². The summed E-state index contributed by atoms with van der Waals surface area (Å²) in [5.74, 6) is 0. The number of aromatic nitrogens is 2. The molecular formula is C10H13N3S2. The van der Waals surface area contributed by atoms with Gasteiger partial charge in [0.25, 0.3) is 0 Å². The molecule has 2 aromatic heterocycles. The molecule has 0 aliphatic carbocycles. The fourth-order valence-electron chi connectivity index (χ4n) is 1.51. The normalized spacial score (nSPS) is 12.9. The van der Waals surface area contributed by atoms with Crippen LogP contribution in [0, 0.1) is 6.92 Å². The molecule has 0 radical (unpaired) electrons. The molecule has 15 heavy (non-hydrogen) atoms. The van der Waals surface area contributed by atoms with Crippen molar-refractivity contribution in [2.75, 3.05) is 6.54 Å². The highest BCUT2D eigenvalue weighted by Gasteiger charge is 2.18. The summed E-state index contributed by atoms with van der Waals surface area (Å²) in [5.41, 5.74) is 2.33. The second-order valence-electron chi connectivity index (χ2n) is 3.27. The van der Waals surface area contributed by atoms with Gasteiger partial charge in [-0.2, -0.15) is 11.3 Å². The van der Waals surface area contributed by atoms with Gasteiger partial charge < -0.3 is 5.32 Å². The Labute approximate surface area is 97.3 Å². The van der Waals surface area contributed by atoms with Crippen LogP contribution < -0.4 is 5.32 Å². The molecule has 0 saturated heterocycles. The molecule has 0 aromatic carbocycles. The van der Waals surface area contributed by atoms with Gasteiger partial charge in [0.2, 0.25) is 0 Å². The summed E-state index contributed by atoms with van der Waals surface area (Å²) in [6.45, 7) is 5.07. The van der Waals surface area contributed by atoms with Crippen molar-refractivity contribution in [2.24, 2.45) is 0 Å². The first-order chi connectivity index (χ1) is 7.33. The quantitative estimate of drug-likeness (QED) is 0.891. The highest BCUT2D eigenvalue weighted by molar-refractivity contribution is 7.08. The van der Waals surface area contributed by atoms with Crippen LogP contribution in [0.15, 0.2) is 16.8 Å². The van der Waals surface area contributed by atoms with Crippen molar-refractivity contribution >= 4 is 22.9 Å². The van der Waals surface area contributed by atoms with Crippen LogP contribution in [0.1, 0.15) is 29.1 Å². The van der Waals surface area contributed by atoms with E-state index < -0.39 is 0 Å². The number of hydrogen-bond donors (Lipinski definition) is 1. The monoisotopic (exact) mass is 239 g/mol. The molecule has 1 N–H and O–H groups in total. The van der Waals surface area contributed by atoms with Gasteiger partial charge in [-0.05, 0) is 47.4 Å². The Morgan fingerprint density at radius 1 is 1.53 bits per heavy atom. The van der Waals surface area contributed by atoms with Crippen LogP contribution in [0.25, 0.3) is 0 Å². The molecule has 0 aliphatic rings. The SMILES string of the molecule is CCNC(c1ccsc1)c1snnc1C. The van der Waals surface area contributed by atoms with Crippen molar-refractivity contribution in [2.45, 2.75) is 19.9 Å². The van der Waals surface area contributed by atoms with E-state index in [4.69, 9.17) is 0 Å². The molecule has 0 aliphatic heterocycles. The maximum atomic E-state index is 4.06. The molecule has 2 aromatic rings. The second-order valence-corrected chi connectivity index (χ2v) is 4.84. The van der Waals surface area contributed by atoms with E-state index in [9.17, 15) is 0 Å². The van der Waals surface area contributed by atoms with Crippen LogP contribution in [0.2, 0.25) is 0 Å². The van der Waals surface area contributed by atoms with Crippen LogP contribution >= 0.6 is 22.9 Å². The zero-order valence-corrected chi connectivity index (χ0v) is 10.4. The molecule has 0 fully saturated rings. The molecule has 5 heteroatoms. The summed E-state index contributed by atoms with van der Waals surface area (Å²) in [6, 6.07) is 2.40. The lowest BCUT2D eigenvalue weighted by Gasteiger charge is -2.14. The molecule has 0 bridgehead atoms. The van der Waals surface area contributed by atoms with Crippen LogP contribution in [-0.2, 0) is 0 Å². The zero-order chi connectivity index (χ0) is 10.7. The van der Waals surface area contributed by atoms with E-state index in [0.29, 0.717) is 0 Å². The molecule has 0 saturated carbocycles. The molecule has 0 spiro atoms. The molecule has 80 valence electrons. The third-order valence-electron chi connectivity index (χ3n) is 2.23. The molecular weight excluding hydrogens is 226 g/mol. The maximum absolute atomic E-state index is 4.06. The number of thiophene rings is 1. The Hall–Kier alpha value is -0.780. The smallest absolute Gasteiger partial charge is 0.0776 e. The topological polar surface area (TPSA) is 37.8 Å². The number of nitrogens with one attached hydrogen (secondary N) is 1. The second kappa shape index (κ2) is 4.83. The van der Waals surface area contributed by atoms with Crippen molar-refractivity contribution in [1.29, 1.82) is 0 Å². The highest BCUT2D eigenvalue weighted by atomic mass is 32.1. The average molecular weight is 239 g/mol. The Kier molecular flexibility index (Phi) is 3.45. The van der Waals surface area contributed by atoms with Gasteiger partial charge in [0, 0.05) is 0 Å². The van der Waals surface area contributed by atoms with Crippen LogP contribution in [0.4, 0.5) is 0 Å². The first kappa shape index (κ1) is 10.7. The van der Waals surface area contributed by atoms with Gasteiger partial charge in [-0.15, -0.1) is 5.10 Å². The van der Waals surface area contributed by atoms with Crippen LogP contribution in [0.3, 0.4) is 0 Å². The van der Waals surface area contributed by atoms with E-state index in [0.717, 1.165) is 12.2 Å². The Bertz CT molecular complexity index is 408. The zero-order valence-electron chi connectivity index (χ0n) is 8.73. The first-order valence-electron chi connectivity index (χ1n) is 4.87. The summed E-state index contributed by atoms with van der Waals surface area (Å²) in [7, 11) is 0.